The fourth-order valence-electron chi connectivity index (χ4n) is 1.71. The smallest absolute Gasteiger partial charge is 0.165 e. The molecule has 0 N–H and O–H groups in total. The van der Waals surface area contributed by atoms with Crippen molar-refractivity contribution in [3.63, 3.8) is 0 Å². The van der Waals surface area contributed by atoms with Gasteiger partial charge in [-0.2, -0.15) is 5.10 Å². The van der Waals surface area contributed by atoms with Crippen LogP contribution in [0.25, 0.3) is 0 Å². The molecule has 1 aromatic heterocycles. The first-order valence-electron chi connectivity index (χ1n) is 5.55. The Morgan fingerprint density at radius 1 is 1.29 bits per heavy atom. The van der Waals surface area contributed by atoms with Crippen molar-refractivity contribution in [2.75, 3.05) is 6.61 Å². The van der Waals surface area contributed by atoms with Crippen molar-refractivity contribution < 1.29 is 9.13 Å². The number of hydrogen-bond donors (Lipinski definition) is 0. The maximum absolute atomic E-state index is 13.3. The number of para-hydroxylation sites is 1. The van der Waals surface area contributed by atoms with E-state index in [4.69, 9.17) is 4.74 Å². The number of hydrogen-bond acceptors (Lipinski definition) is 2. The van der Waals surface area contributed by atoms with E-state index in [0.717, 1.165) is 11.4 Å². The average Bonchev–Trinajstić information content (AvgIpc) is 2.60. The normalized spacial score (nSPS) is 10.5. The second kappa shape index (κ2) is 4.99. The number of aromatic nitrogens is 2. The van der Waals surface area contributed by atoms with Crippen molar-refractivity contribution in [2.24, 2.45) is 0 Å². The number of benzene rings is 1. The molecule has 17 heavy (non-hydrogen) atoms. The molecule has 0 atom stereocenters. The largest absolute Gasteiger partial charge is 0.489 e. The van der Waals surface area contributed by atoms with E-state index >= 15 is 0 Å². The summed E-state index contributed by atoms with van der Waals surface area (Å²) >= 11 is 0. The zero-order valence-corrected chi connectivity index (χ0v) is 9.98. The van der Waals surface area contributed by atoms with Gasteiger partial charge in [-0.05, 0) is 32.0 Å². The van der Waals surface area contributed by atoms with Crippen LogP contribution in [-0.4, -0.2) is 16.4 Å². The van der Waals surface area contributed by atoms with Crippen LogP contribution < -0.4 is 4.74 Å². The minimum Gasteiger partial charge on any atom is -0.489 e. The molecule has 2 aromatic rings. The summed E-state index contributed by atoms with van der Waals surface area (Å²) in [4.78, 5) is 0. The Bertz CT molecular complexity index is 508. The fraction of sp³-hybridized carbons (Fsp3) is 0.308. The number of halogens is 1. The van der Waals surface area contributed by atoms with Gasteiger partial charge in [0.1, 0.15) is 6.61 Å². The van der Waals surface area contributed by atoms with Crippen LogP contribution in [-0.2, 0) is 6.54 Å². The number of ether oxygens (including phenoxy) is 1. The van der Waals surface area contributed by atoms with Crippen LogP contribution in [0.2, 0.25) is 0 Å². The maximum atomic E-state index is 13.3. The van der Waals surface area contributed by atoms with Crippen LogP contribution in [0.1, 0.15) is 11.4 Å². The standard InChI is InChI=1S/C13H15FN2O/c1-10-9-11(2)16(15-10)7-8-17-13-6-4-3-5-12(13)14/h3-6,9H,7-8H2,1-2H3. The lowest BCUT2D eigenvalue weighted by Crippen LogP contribution is -2.11. The quantitative estimate of drug-likeness (QED) is 0.813. The van der Waals surface area contributed by atoms with E-state index in [2.05, 4.69) is 5.10 Å². The Morgan fingerprint density at radius 2 is 2.06 bits per heavy atom. The highest BCUT2D eigenvalue weighted by Gasteiger charge is 2.03. The highest BCUT2D eigenvalue weighted by Crippen LogP contribution is 2.15. The summed E-state index contributed by atoms with van der Waals surface area (Å²) in [5.74, 6) is -0.0464. The first-order valence-corrected chi connectivity index (χ1v) is 5.55. The van der Waals surface area contributed by atoms with Gasteiger partial charge < -0.3 is 4.74 Å². The lowest BCUT2D eigenvalue weighted by atomic mass is 10.3. The number of rotatable bonds is 4. The van der Waals surface area contributed by atoms with Gasteiger partial charge >= 0.3 is 0 Å². The molecule has 0 saturated heterocycles. The minimum absolute atomic E-state index is 0.286. The van der Waals surface area contributed by atoms with E-state index in [1.165, 1.54) is 6.07 Å². The molecular weight excluding hydrogens is 219 g/mol. The Labute approximate surface area is 99.8 Å². The predicted molar refractivity (Wildman–Crippen MR) is 63.6 cm³/mol. The maximum Gasteiger partial charge on any atom is 0.165 e. The van der Waals surface area contributed by atoms with Gasteiger partial charge in [-0.25, -0.2) is 4.39 Å². The second-order valence-corrected chi connectivity index (χ2v) is 3.93. The Balaban J connectivity index is 1.92. The molecule has 0 saturated carbocycles. The molecule has 0 aliphatic rings. The van der Waals surface area contributed by atoms with Crippen LogP contribution in [0.5, 0.6) is 5.75 Å². The molecule has 0 radical (unpaired) electrons. The third-order valence-corrected chi connectivity index (χ3v) is 2.50. The Hall–Kier alpha value is -1.84. The lowest BCUT2D eigenvalue weighted by Gasteiger charge is -2.08. The SMILES string of the molecule is Cc1cc(C)n(CCOc2ccccc2F)n1. The van der Waals surface area contributed by atoms with E-state index in [9.17, 15) is 4.39 Å². The molecule has 90 valence electrons. The zero-order chi connectivity index (χ0) is 12.3. The monoisotopic (exact) mass is 234 g/mol. The van der Waals surface area contributed by atoms with Crippen LogP contribution in [0.4, 0.5) is 4.39 Å². The fourth-order valence-corrected chi connectivity index (χ4v) is 1.71. The van der Waals surface area contributed by atoms with E-state index in [-0.39, 0.29) is 11.6 Å². The van der Waals surface area contributed by atoms with Gasteiger partial charge in [-0.15, -0.1) is 0 Å². The molecule has 0 unspecified atom stereocenters. The topological polar surface area (TPSA) is 27.1 Å². The first kappa shape index (κ1) is 11.6. The minimum atomic E-state index is -0.333. The van der Waals surface area contributed by atoms with Gasteiger partial charge in [0.05, 0.1) is 12.2 Å². The lowest BCUT2D eigenvalue weighted by molar-refractivity contribution is 0.277. The van der Waals surface area contributed by atoms with Gasteiger partial charge in [0, 0.05) is 5.69 Å². The average molecular weight is 234 g/mol. The summed E-state index contributed by atoms with van der Waals surface area (Å²) in [6.07, 6.45) is 0. The molecule has 0 aliphatic heterocycles. The van der Waals surface area contributed by atoms with Crippen LogP contribution in [0, 0.1) is 19.7 Å². The summed E-state index contributed by atoms with van der Waals surface area (Å²) in [6, 6.07) is 8.41. The van der Waals surface area contributed by atoms with Crippen LogP contribution in [0.15, 0.2) is 30.3 Å². The molecule has 0 bridgehead atoms. The van der Waals surface area contributed by atoms with Gasteiger partial charge in [0.25, 0.3) is 0 Å². The van der Waals surface area contributed by atoms with Gasteiger partial charge in [-0.3, -0.25) is 4.68 Å². The predicted octanol–water partition coefficient (Wildman–Crippen LogP) is 2.72. The molecule has 0 amide bonds. The molecule has 0 fully saturated rings. The summed E-state index contributed by atoms with van der Waals surface area (Å²) in [5.41, 5.74) is 2.06. The molecule has 0 aliphatic carbocycles. The first-order chi connectivity index (χ1) is 8.16. The third-order valence-electron chi connectivity index (χ3n) is 2.50. The summed E-state index contributed by atoms with van der Waals surface area (Å²) < 4.78 is 20.5. The van der Waals surface area contributed by atoms with Crippen molar-refractivity contribution in [1.29, 1.82) is 0 Å². The summed E-state index contributed by atoms with van der Waals surface area (Å²) in [5, 5.41) is 4.31. The van der Waals surface area contributed by atoms with Gasteiger partial charge in [-0.1, -0.05) is 12.1 Å². The van der Waals surface area contributed by atoms with Crippen LogP contribution in [0.3, 0.4) is 0 Å². The highest BCUT2D eigenvalue weighted by atomic mass is 19.1. The van der Waals surface area contributed by atoms with Crippen molar-refractivity contribution >= 4 is 0 Å². The number of nitrogens with zero attached hydrogens (tertiary/aromatic N) is 2. The second-order valence-electron chi connectivity index (χ2n) is 3.93. The van der Waals surface area contributed by atoms with Crippen molar-refractivity contribution in [3.05, 3.63) is 47.5 Å². The summed E-state index contributed by atoms with van der Waals surface area (Å²) in [7, 11) is 0. The molecule has 1 heterocycles. The van der Waals surface area contributed by atoms with Gasteiger partial charge in [0.2, 0.25) is 0 Å². The summed E-state index contributed by atoms with van der Waals surface area (Å²) in [6.45, 7) is 4.96. The third kappa shape index (κ3) is 2.84. The van der Waals surface area contributed by atoms with E-state index < -0.39 is 0 Å². The Kier molecular flexibility index (Phi) is 3.42. The molecular formula is C13H15FN2O. The molecule has 0 spiro atoms. The molecule has 4 heteroatoms. The van der Waals surface area contributed by atoms with Gasteiger partial charge in [0.15, 0.2) is 11.6 Å². The van der Waals surface area contributed by atoms with E-state index in [0.29, 0.717) is 13.2 Å². The molecule has 2 rings (SSSR count). The molecule has 3 nitrogen and oxygen atoms in total. The van der Waals surface area contributed by atoms with Crippen molar-refractivity contribution in [1.82, 2.24) is 9.78 Å². The van der Waals surface area contributed by atoms with E-state index in [1.807, 2.05) is 24.6 Å². The van der Waals surface area contributed by atoms with Crippen LogP contribution >= 0.6 is 0 Å². The van der Waals surface area contributed by atoms with Crippen molar-refractivity contribution in [2.45, 2.75) is 20.4 Å². The number of aryl methyl sites for hydroxylation is 2. The highest BCUT2D eigenvalue weighted by molar-refractivity contribution is 5.23. The Morgan fingerprint density at radius 3 is 2.71 bits per heavy atom. The molecule has 1 aromatic carbocycles. The van der Waals surface area contributed by atoms with E-state index in [1.54, 1.807) is 18.2 Å². The zero-order valence-electron chi connectivity index (χ0n) is 9.98. The van der Waals surface area contributed by atoms with Crippen molar-refractivity contribution in [3.8, 4) is 5.75 Å².